The summed E-state index contributed by atoms with van der Waals surface area (Å²) in [5, 5.41) is -2.45. The average molecular weight is 515 g/mol. The van der Waals surface area contributed by atoms with Gasteiger partial charge in [0.25, 0.3) is 0 Å². The van der Waals surface area contributed by atoms with Crippen LogP contribution in [0.2, 0.25) is 10.0 Å². The average Bonchev–Trinajstić information content (AvgIpc) is 2.54. The first-order chi connectivity index (χ1) is 12.9. The maximum Gasteiger partial charge on any atom is 0.460 e. The normalized spacial score (nSPS) is 15.5. The fraction of sp³-hybridized carbons (Fsp3) is 0.538. The van der Waals surface area contributed by atoms with Gasteiger partial charge in [-0.05, 0) is 18.2 Å². The monoisotopic (exact) mass is 514 g/mol. The lowest BCUT2D eigenvalue weighted by molar-refractivity contribution is -0.453. The molecule has 0 N–H and O–H groups in total. The smallest absolute Gasteiger partial charge is 0.194 e. The molecule has 0 aliphatic carbocycles. The van der Waals surface area contributed by atoms with Crippen LogP contribution in [0.15, 0.2) is 18.2 Å². The van der Waals surface area contributed by atoms with Crippen LogP contribution in [-0.4, -0.2) is 35.8 Å². The molecule has 1 rings (SSSR count). The highest BCUT2D eigenvalue weighted by Gasteiger charge is 2.93. The van der Waals surface area contributed by atoms with Crippen LogP contribution in [0.25, 0.3) is 0 Å². The van der Waals surface area contributed by atoms with E-state index in [-0.39, 0.29) is 12.1 Å². The van der Waals surface area contributed by atoms with Crippen LogP contribution in [0, 0.1) is 0 Å². The van der Waals surface area contributed by atoms with E-state index in [4.69, 9.17) is 23.2 Å². The van der Waals surface area contributed by atoms with E-state index in [9.17, 15) is 65.9 Å². The molecule has 0 aliphatic rings. The molecule has 0 amide bonds. The summed E-state index contributed by atoms with van der Waals surface area (Å²) in [7, 11) is 0. The topological polar surface area (TPSA) is 0 Å². The summed E-state index contributed by atoms with van der Waals surface area (Å²) >= 11 is 10.2. The van der Waals surface area contributed by atoms with Gasteiger partial charge in [-0.15, -0.1) is 0 Å². The zero-order valence-corrected chi connectivity index (χ0v) is 14.7. The van der Waals surface area contributed by atoms with Gasteiger partial charge >= 0.3 is 41.7 Å². The summed E-state index contributed by atoms with van der Waals surface area (Å²) < 4.78 is 197. The first-order valence-electron chi connectivity index (χ1n) is 6.70. The lowest BCUT2D eigenvalue weighted by Crippen LogP contribution is -2.72. The molecule has 0 aliphatic heterocycles. The van der Waals surface area contributed by atoms with Crippen molar-refractivity contribution in [2.75, 3.05) is 0 Å². The molecule has 0 radical (unpaired) electrons. The molecular formula is C13H3Cl2F15. The first kappa shape index (κ1) is 26.8. The largest absolute Gasteiger partial charge is 0.460 e. The number of rotatable bonds is 6. The molecule has 0 saturated carbocycles. The maximum absolute atomic E-state index is 14.0. The van der Waals surface area contributed by atoms with E-state index < -0.39 is 57.3 Å². The van der Waals surface area contributed by atoms with Gasteiger partial charge in [-0.1, -0.05) is 23.2 Å². The van der Waals surface area contributed by atoms with E-state index in [2.05, 4.69) is 0 Å². The predicted octanol–water partition coefficient (Wildman–Crippen LogP) is 7.82. The second-order valence-corrected chi connectivity index (χ2v) is 6.41. The van der Waals surface area contributed by atoms with Crippen molar-refractivity contribution in [3.05, 3.63) is 33.8 Å². The van der Waals surface area contributed by atoms with Gasteiger partial charge in [-0.3, -0.25) is 0 Å². The van der Waals surface area contributed by atoms with Crippen molar-refractivity contribution in [3.63, 3.8) is 0 Å². The summed E-state index contributed by atoms with van der Waals surface area (Å²) in [6.45, 7) is 0. The van der Waals surface area contributed by atoms with Gasteiger partial charge in [0.15, 0.2) is 0 Å². The quantitative estimate of drug-likeness (QED) is 0.339. The zero-order chi connectivity index (χ0) is 24.4. The second kappa shape index (κ2) is 7.14. The van der Waals surface area contributed by atoms with E-state index in [1.54, 1.807) is 0 Å². The number of halogens is 17. The zero-order valence-electron chi connectivity index (χ0n) is 13.2. The molecule has 30 heavy (non-hydrogen) atoms. The molecule has 0 bridgehead atoms. The summed E-state index contributed by atoms with van der Waals surface area (Å²) in [6.07, 6.45) is -7.65. The highest BCUT2D eigenvalue weighted by Crippen LogP contribution is 2.64. The van der Waals surface area contributed by atoms with Crippen LogP contribution in [0.4, 0.5) is 65.9 Å². The second-order valence-electron chi connectivity index (χ2n) is 5.57. The Hall–Kier alpha value is -1.25. The standard InChI is InChI=1S/C13H3Cl2F15/c14-4-1-2-6(15)5(3-4)7(16,17)8(18,19)9(20,21)10(22,23)11(24,25)12(26,27)13(28,29)30/h1-3H. The van der Waals surface area contributed by atoms with Crippen molar-refractivity contribution >= 4 is 23.2 Å². The molecule has 17 heteroatoms. The molecule has 1 aromatic rings. The van der Waals surface area contributed by atoms with E-state index in [1.807, 2.05) is 0 Å². The Morgan fingerprint density at radius 3 is 1.27 bits per heavy atom. The van der Waals surface area contributed by atoms with Crippen LogP contribution in [0.1, 0.15) is 5.56 Å². The van der Waals surface area contributed by atoms with Gasteiger partial charge in [-0.25, -0.2) is 0 Å². The highest BCUT2D eigenvalue weighted by molar-refractivity contribution is 6.33. The molecule has 0 spiro atoms. The van der Waals surface area contributed by atoms with Gasteiger partial charge < -0.3 is 0 Å². The van der Waals surface area contributed by atoms with Gasteiger partial charge in [0.2, 0.25) is 0 Å². The number of hydrogen-bond donors (Lipinski definition) is 0. The van der Waals surface area contributed by atoms with Crippen molar-refractivity contribution in [3.8, 4) is 0 Å². The van der Waals surface area contributed by atoms with Crippen LogP contribution < -0.4 is 0 Å². The van der Waals surface area contributed by atoms with Gasteiger partial charge in [0, 0.05) is 10.6 Å². The molecule has 174 valence electrons. The summed E-state index contributed by atoms with van der Waals surface area (Å²) in [5.74, 6) is -47.1. The summed E-state index contributed by atoms with van der Waals surface area (Å²) in [6, 6.07) is 0.618. The fourth-order valence-electron chi connectivity index (χ4n) is 1.87. The van der Waals surface area contributed by atoms with E-state index >= 15 is 0 Å². The van der Waals surface area contributed by atoms with E-state index in [1.165, 1.54) is 0 Å². The molecule has 1 aromatic carbocycles. The van der Waals surface area contributed by atoms with Gasteiger partial charge in [-0.2, -0.15) is 65.9 Å². The minimum Gasteiger partial charge on any atom is -0.194 e. The Kier molecular flexibility index (Phi) is 6.37. The Bertz CT molecular complexity index is 796. The Labute approximate surface area is 165 Å². The van der Waals surface area contributed by atoms with Crippen molar-refractivity contribution < 1.29 is 65.9 Å². The molecule has 0 aromatic heterocycles. The molecule has 0 fully saturated rings. The Morgan fingerprint density at radius 1 is 0.500 bits per heavy atom. The first-order valence-corrected chi connectivity index (χ1v) is 7.46. The molecule has 0 heterocycles. The van der Waals surface area contributed by atoms with Crippen LogP contribution in [0.5, 0.6) is 0 Å². The predicted molar refractivity (Wildman–Crippen MR) is 71.1 cm³/mol. The highest BCUT2D eigenvalue weighted by atomic mass is 35.5. The van der Waals surface area contributed by atoms with Crippen molar-refractivity contribution in [2.24, 2.45) is 0 Å². The van der Waals surface area contributed by atoms with E-state index in [0.717, 1.165) is 0 Å². The Balaban J connectivity index is 3.72. The number of hydrogen-bond acceptors (Lipinski definition) is 0. The van der Waals surface area contributed by atoms with Crippen LogP contribution in [0.3, 0.4) is 0 Å². The van der Waals surface area contributed by atoms with E-state index in [0.29, 0.717) is 6.07 Å². The molecule has 0 unspecified atom stereocenters. The lowest BCUT2D eigenvalue weighted by atomic mass is 9.88. The maximum atomic E-state index is 14.0. The van der Waals surface area contributed by atoms with Gasteiger partial charge in [0.1, 0.15) is 0 Å². The minimum absolute atomic E-state index is 0.269. The summed E-state index contributed by atoms with van der Waals surface area (Å²) in [4.78, 5) is 0. The lowest BCUT2D eigenvalue weighted by Gasteiger charge is -2.41. The minimum atomic E-state index is -8.35. The number of benzene rings is 1. The Morgan fingerprint density at radius 2 is 0.867 bits per heavy atom. The SMILES string of the molecule is FC(F)(F)C(F)(F)C(F)(F)C(F)(F)C(F)(F)C(F)(F)C(F)(F)c1cc(Cl)ccc1Cl. The number of alkyl halides is 15. The van der Waals surface area contributed by atoms with Crippen LogP contribution >= 0.6 is 23.2 Å². The molecule has 0 nitrogen and oxygen atoms in total. The molecular weight excluding hydrogens is 512 g/mol. The van der Waals surface area contributed by atoms with Crippen LogP contribution in [-0.2, 0) is 5.92 Å². The van der Waals surface area contributed by atoms with Crippen molar-refractivity contribution in [1.29, 1.82) is 0 Å². The molecule has 0 saturated heterocycles. The molecule has 0 atom stereocenters. The summed E-state index contributed by atoms with van der Waals surface area (Å²) in [5.41, 5.74) is -2.43. The third kappa shape index (κ3) is 3.45. The third-order valence-corrected chi connectivity index (χ3v) is 4.16. The van der Waals surface area contributed by atoms with Gasteiger partial charge in [0.05, 0.1) is 5.02 Å². The fourth-order valence-corrected chi connectivity index (χ4v) is 2.28. The third-order valence-electron chi connectivity index (χ3n) is 3.59. The van der Waals surface area contributed by atoms with Crippen molar-refractivity contribution in [1.82, 2.24) is 0 Å². The van der Waals surface area contributed by atoms with Crippen molar-refractivity contribution in [2.45, 2.75) is 41.7 Å².